The van der Waals surface area contributed by atoms with E-state index in [0.29, 0.717) is 17.3 Å². The summed E-state index contributed by atoms with van der Waals surface area (Å²) in [5.41, 5.74) is 0.359. The highest BCUT2D eigenvalue weighted by Gasteiger charge is 2.31. The van der Waals surface area contributed by atoms with Crippen LogP contribution < -0.4 is 0 Å². The Morgan fingerprint density at radius 1 is 0.750 bits per heavy atom. The Hall–Kier alpha value is -0.440. The first kappa shape index (κ1) is 23.6. The molecule has 142 valence electrons. The van der Waals surface area contributed by atoms with E-state index in [1.54, 1.807) is 0 Å². The summed E-state index contributed by atoms with van der Waals surface area (Å²) in [6.07, 6.45) is 17.8. The van der Waals surface area contributed by atoms with Crippen LogP contribution >= 0.6 is 0 Å². The number of hydrogen-bond acceptors (Lipinski definition) is 0. The lowest BCUT2D eigenvalue weighted by molar-refractivity contribution is 0.178. The molecule has 0 rings (SSSR count). The molecule has 0 aromatic heterocycles. The average Bonchev–Trinajstić information content (AvgIpc) is 2.56. The molecule has 0 N–H and O–H groups in total. The van der Waals surface area contributed by atoms with Crippen molar-refractivity contribution in [2.24, 2.45) is 17.3 Å². The standard InChI is InChI=1S/C24H46/c1-7-10-12-13-14-15-16-17-18-19-21-24(5,6)23(20-11-8-2)22(4)9-3/h22-23H,7-10,12-19,21H2,1-6H3. The molecule has 0 aliphatic carbocycles. The predicted molar refractivity (Wildman–Crippen MR) is 111 cm³/mol. The van der Waals surface area contributed by atoms with Crippen LogP contribution in [0.1, 0.15) is 125 Å². The van der Waals surface area contributed by atoms with E-state index in [4.69, 9.17) is 0 Å². The second-order valence-corrected chi connectivity index (χ2v) is 8.46. The van der Waals surface area contributed by atoms with Crippen molar-refractivity contribution in [3.8, 4) is 11.8 Å². The van der Waals surface area contributed by atoms with Crippen LogP contribution in [0, 0.1) is 29.1 Å². The van der Waals surface area contributed by atoms with Gasteiger partial charge < -0.3 is 0 Å². The van der Waals surface area contributed by atoms with Gasteiger partial charge in [-0.1, -0.05) is 118 Å². The second kappa shape index (κ2) is 14.9. The van der Waals surface area contributed by atoms with Crippen molar-refractivity contribution in [1.82, 2.24) is 0 Å². The van der Waals surface area contributed by atoms with Crippen LogP contribution in [0.5, 0.6) is 0 Å². The molecule has 0 fully saturated rings. The number of unbranched alkanes of at least 4 members (excludes halogenated alkanes) is 9. The van der Waals surface area contributed by atoms with Gasteiger partial charge in [-0.05, 0) is 17.8 Å². The maximum atomic E-state index is 3.60. The average molecular weight is 335 g/mol. The van der Waals surface area contributed by atoms with Crippen molar-refractivity contribution in [3.05, 3.63) is 0 Å². The van der Waals surface area contributed by atoms with Gasteiger partial charge in [-0.2, -0.15) is 0 Å². The fraction of sp³-hybridized carbons (Fsp3) is 0.917. The van der Waals surface area contributed by atoms with Gasteiger partial charge in [-0.25, -0.2) is 0 Å². The molecular formula is C24H46. The molecule has 0 radical (unpaired) electrons. The van der Waals surface area contributed by atoms with Gasteiger partial charge in [0.1, 0.15) is 0 Å². The summed E-state index contributed by atoms with van der Waals surface area (Å²) in [5.74, 6) is 8.22. The van der Waals surface area contributed by atoms with E-state index in [1.807, 2.05) is 0 Å². The van der Waals surface area contributed by atoms with Gasteiger partial charge in [0.05, 0.1) is 0 Å². The molecule has 0 aromatic rings. The third-order valence-electron chi connectivity index (χ3n) is 5.66. The lowest BCUT2D eigenvalue weighted by Gasteiger charge is -2.35. The van der Waals surface area contributed by atoms with Crippen LogP contribution in [0.25, 0.3) is 0 Å². The fourth-order valence-electron chi connectivity index (χ4n) is 3.78. The third kappa shape index (κ3) is 11.2. The van der Waals surface area contributed by atoms with Gasteiger partial charge in [0.15, 0.2) is 0 Å². The maximum Gasteiger partial charge on any atom is 0.0279 e. The number of rotatable bonds is 14. The van der Waals surface area contributed by atoms with E-state index in [2.05, 4.69) is 53.4 Å². The highest BCUT2D eigenvalue weighted by molar-refractivity contribution is 5.08. The molecule has 0 amide bonds. The minimum Gasteiger partial charge on any atom is -0.103 e. The van der Waals surface area contributed by atoms with Crippen LogP contribution in [0.3, 0.4) is 0 Å². The Morgan fingerprint density at radius 2 is 1.25 bits per heavy atom. The Kier molecular flexibility index (Phi) is 14.6. The van der Waals surface area contributed by atoms with E-state index in [0.717, 1.165) is 6.42 Å². The fourth-order valence-corrected chi connectivity index (χ4v) is 3.78. The zero-order valence-electron chi connectivity index (χ0n) is 17.8. The first-order valence-electron chi connectivity index (χ1n) is 11.0. The minimum atomic E-state index is 0.359. The molecule has 0 aliphatic rings. The van der Waals surface area contributed by atoms with Crippen molar-refractivity contribution in [2.45, 2.75) is 125 Å². The highest BCUT2D eigenvalue weighted by Crippen LogP contribution is 2.38. The van der Waals surface area contributed by atoms with Crippen molar-refractivity contribution in [1.29, 1.82) is 0 Å². The molecule has 0 bridgehead atoms. The Balaban J connectivity index is 3.96. The summed E-state index contributed by atoms with van der Waals surface area (Å²) >= 11 is 0. The minimum absolute atomic E-state index is 0.359. The topological polar surface area (TPSA) is 0 Å². The van der Waals surface area contributed by atoms with Crippen LogP contribution in [-0.2, 0) is 0 Å². The Bertz CT molecular complexity index is 328. The van der Waals surface area contributed by atoms with Gasteiger partial charge in [0.25, 0.3) is 0 Å². The van der Waals surface area contributed by atoms with E-state index in [9.17, 15) is 0 Å². The molecule has 0 heterocycles. The summed E-state index contributed by atoms with van der Waals surface area (Å²) in [4.78, 5) is 0. The smallest absolute Gasteiger partial charge is 0.0279 e. The molecule has 0 aromatic carbocycles. The molecule has 0 aliphatic heterocycles. The molecule has 2 atom stereocenters. The van der Waals surface area contributed by atoms with Crippen LogP contribution in [-0.4, -0.2) is 0 Å². The highest BCUT2D eigenvalue weighted by atomic mass is 14.3. The maximum absolute atomic E-state index is 3.60. The van der Waals surface area contributed by atoms with Gasteiger partial charge in [0.2, 0.25) is 0 Å². The molecule has 0 spiro atoms. The first-order chi connectivity index (χ1) is 11.5. The largest absolute Gasteiger partial charge is 0.103 e. The molecular weight excluding hydrogens is 288 g/mol. The second-order valence-electron chi connectivity index (χ2n) is 8.46. The normalized spacial score (nSPS) is 14.1. The van der Waals surface area contributed by atoms with Crippen LogP contribution in [0.2, 0.25) is 0 Å². The van der Waals surface area contributed by atoms with Crippen molar-refractivity contribution in [2.75, 3.05) is 0 Å². The van der Waals surface area contributed by atoms with Crippen LogP contribution in [0.4, 0.5) is 0 Å². The van der Waals surface area contributed by atoms with E-state index in [1.165, 1.54) is 77.0 Å². The molecule has 0 saturated heterocycles. The van der Waals surface area contributed by atoms with Gasteiger partial charge >= 0.3 is 0 Å². The van der Waals surface area contributed by atoms with Gasteiger partial charge in [0, 0.05) is 12.3 Å². The first-order valence-corrected chi connectivity index (χ1v) is 11.0. The van der Waals surface area contributed by atoms with Crippen molar-refractivity contribution >= 4 is 0 Å². The lowest BCUT2D eigenvalue weighted by atomic mass is 9.69. The van der Waals surface area contributed by atoms with Crippen LogP contribution in [0.15, 0.2) is 0 Å². The molecule has 24 heavy (non-hydrogen) atoms. The zero-order valence-corrected chi connectivity index (χ0v) is 17.8. The predicted octanol–water partition coefficient (Wildman–Crippen LogP) is 8.40. The summed E-state index contributed by atoms with van der Waals surface area (Å²) in [6.45, 7) is 14.0. The quantitative estimate of drug-likeness (QED) is 0.221. The van der Waals surface area contributed by atoms with E-state index in [-0.39, 0.29) is 0 Å². The summed E-state index contributed by atoms with van der Waals surface area (Å²) in [5, 5.41) is 0. The zero-order chi connectivity index (χ0) is 18.3. The summed E-state index contributed by atoms with van der Waals surface area (Å²) in [6, 6.07) is 0. The van der Waals surface area contributed by atoms with Gasteiger partial charge in [-0.15, -0.1) is 5.92 Å². The summed E-state index contributed by atoms with van der Waals surface area (Å²) in [7, 11) is 0. The number of hydrogen-bond donors (Lipinski definition) is 0. The van der Waals surface area contributed by atoms with Gasteiger partial charge in [-0.3, -0.25) is 0 Å². The Labute approximate surface area is 154 Å². The molecule has 0 heteroatoms. The van der Waals surface area contributed by atoms with E-state index < -0.39 is 0 Å². The molecule has 0 nitrogen and oxygen atoms in total. The SMILES string of the molecule is CCC#CC(C(C)CC)C(C)(C)CCCCCCCCCCCC. The van der Waals surface area contributed by atoms with E-state index >= 15 is 0 Å². The Morgan fingerprint density at radius 3 is 1.71 bits per heavy atom. The van der Waals surface area contributed by atoms with Crippen molar-refractivity contribution in [3.63, 3.8) is 0 Å². The van der Waals surface area contributed by atoms with Crippen molar-refractivity contribution < 1.29 is 0 Å². The lowest BCUT2D eigenvalue weighted by Crippen LogP contribution is -2.28. The summed E-state index contributed by atoms with van der Waals surface area (Å²) < 4.78 is 0. The third-order valence-corrected chi connectivity index (χ3v) is 5.66. The molecule has 0 saturated carbocycles. The molecule has 2 unspecified atom stereocenters. The monoisotopic (exact) mass is 334 g/mol.